The van der Waals surface area contributed by atoms with Gasteiger partial charge in [-0.05, 0) is 78.7 Å². The third kappa shape index (κ3) is 6.26. The summed E-state index contributed by atoms with van der Waals surface area (Å²) < 4.78 is 23.4. The molecule has 2 atom stereocenters. The number of benzene rings is 2. The first-order chi connectivity index (χ1) is 24.8. The van der Waals surface area contributed by atoms with Gasteiger partial charge in [0.2, 0.25) is 5.91 Å². The maximum atomic E-state index is 13.7. The average Bonchev–Trinajstić information content (AvgIpc) is 3.46. The minimum Gasteiger partial charge on any atom is -0.493 e. The van der Waals surface area contributed by atoms with Gasteiger partial charge in [-0.1, -0.05) is 0 Å². The number of anilines is 2. The van der Waals surface area contributed by atoms with E-state index in [0.717, 1.165) is 60.5 Å². The summed E-state index contributed by atoms with van der Waals surface area (Å²) in [4.78, 5) is 44.8. The molecule has 3 aromatic rings. The maximum absolute atomic E-state index is 13.7. The summed E-state index contributed by atoms with van der Waals surface area (Å²) in [6, 6.07) is 8.39. The number of methoxy groups -OCH3 is 2. The molecule has 0 radical (unpaired) electrons. The quantitative estimate of drug-likeness (QED) is 0.207. The Balaban J connectivity index is 0.855. The predicted molar refractivity (Wildman–Crippen MR) is 192 cm³/mol. The van der Waals surface area contributed by atoms with Crippen molar-refractivity contribution in [2.75, 3.05) is 51.2 Å². The monoisotopic (exact) mass is 714 g/mol. The molecule has 268 valence electrons. The van der Waals surface area contributed by atoms with E-state index in [9.17, 15) is 19.5 Å². The van der Waals surface area contributed by atoms with Crippen molar-refractivity contribution < 1.29 is 38.4 Å². The van der Waals surface area contributed by atoms with Gasteiger partial charge in [0.05, 0.1) is 56.5 Å². The Kier molecular flexibility index (Phi) is 8.79. The fourth-order valence-electron chi connectivity index (χ4n) is 7.74. The summed E-state index contributed by atoms with van der Waals surface area (Å²) in [5.74, 6) is 1.49. The van der Waals surface area contributed by atoms with E-state index in [1.807, 2.05) is 22.4 Å². The van der Waals surface area contributed by atoms with E-state index in [2.05, 4.69) is 10.6 Å². The fraction of sp³-hybridized carbons (Fsp3) is 0.447. The van der Waals surface area contributed by atoms with Crippen molar-refractivity contribution >= 4 is 46.0 Å². The second-order valence-electron chi connectivity index (χ2n) is 14.1. The molecule has 12 nitrogen and oxygen atoms in total. The van der Waals surface area contributed by atoms with E-state index in [-0.39, 0.29) is 30.4 Å². The largest absolute Gasteiger partial charge is 0.493 e. The molecule has 8 rings (SSSR count). The van der Waals surface area contributed by atoms with E-state index < -0.39 is 6.04 Å². The molecule has 1 saturated carbocycles. The van der Waals surface area contributed by atoms with Crippen molar-refractivity contribution in [2.45, 2.75) is 63.6 Å². The van der Waals surface area contributed by atoms with E-state index in [0.29, 0.717) is 64.9 Å². The van der Waals surface area contributed by atoms with Crippen molar-refractivity contribution in [1.82, 2.24) is 9.80 Å². The summed E-state index contributed by atoms with van der Waals surface area (Å²) in [5, 5.41) is 17.8. The molecule has 13 heteroatoms. The van der Waals surface area contributed by atoms with Gasteiger partial charge in [0, 0.05) is 48.8 Å². The summed E-state index contributed by atoms with van der Waals surface area (Å²) in [6.07, 6.45) is 7.98. The number of hydrogen-bond donors (Lipinski definition) is 3. The lowest BCUT2D eigenvalue weighted by molar-refractivity contribution is -0.119. The Morgan fingerprint density at radius 1 is 0.882 bits per heavy atom. The van der Waals surface area contributed by atoms with Gasteiger partial charge in [0.15, 0.2) is 23.0 Å². The predicted octanol–water partition coefficient (Wildman–Crippen LogP) is 5.51. The van der Waals surface area contributed by atoms with Crippen LogP contribution in [0.3, 0.4) is 0 Å². The molecule has 5 aliphatic rings. The normalized spacial score (nSPS) is 21.1. The summed E-state index contributed by atoms with van der Waals surface area (Å²) in [6.45, 7) is 2.41. The van der Waals surface area contributed by atoms with Crippen molar-refractivity contribution in [3.63, 3.8) is 0 Å². The number of thiophene rings is 1. The molecular weight excluding hydrogens is 673 g/mol. The topological polar surface area (TPSA) is 139 Å². The van der Waals surface area contributed by atoms with Crippen LogP contribution in [0.25, 0.3) is 5.57 Å². The molecule has 0 bridgehead atoms. The SMILES string of the molecule is COc1cc2c(cc1OCCCCCOc1cc3c(cc1OC)C(=O)N1CC4(CC4)C[C@H]1CN3)NC(=O)[C@@H]1CC(c3csc(CO)c3)=CN1C2=O. The molecule has 1 spiro atoms. The first-order valence-corrected chi connectivity index (χ1v) is 18.4. The fourth-order valence-corrected chi connectivity index (χ4v) is 8.50. The maximum Gasteiger partial charge on any atom is 0.260 e. The molecule has 2 aromatic carbocycles. The molecule has 1 aromatic heterocycles. The molecule has 2 fully saturated rings. The Labute approximate surface area is 300 Å². The van der Waals surface area contributed by atoms with Crippen LogP contribution in [0.1, 0.15) is 76.1 Å². The highest BCUT2D eigenvalue weighted by Gasteiger charge is 2.54. The number of unbranched alkanes of at least 4 members (excludes halogenated alkanes) is 2. The van der Waals surface area contributed by atoms with Gasteiger partial charge in [-0.3, -0.25) is 14.4 Å². The lowest BCUT2D eigenvalue weighted by Gasteiger charge is -2.21. The van der Waals surface area contributed by atoms with Crippen LogP contribution in [0.4, 0.5) is 11.4 Å². The Bertz CT molecular complexity index is 1920. The first kappa shape index (κ1) is 33.4. The van der Waals surface area contributed by atoms with Crippen LogP contribution < -0.4 is 29.6 Å². The minimum absolute atomic E-state index is 0.0511. The van der Waals surface area contributed by atoms with Crippen LogP contribution in [0.2, 0.25) is 0 Å². The number of aliphatic hydroxyl groups is 1. The van der Waals surface area contributed by atoms with Crippen molar-refractivity contribution in [2.24, 2.45) is 5.41 Å². The van der Waals surface area contributed by atoms with Crippen LogP contribution in [-0.4, -0.2) is 85.2 Å². The van der Waals surface area contributed by atoms with Crippen LogP contribution >= 0.6 is 11.3 Å². The molecule has 5 heterocycles. The molecule has 1 saturated heterocycles. The van der Waals surface area contributed by atoms with Crippen molar-refractivity contribution in [1.29, 1.82) is 0 Å². The second-order valence-corrected chi connectivity index (χ2v) is 15.1. The third-order valence-corrected chi connectivity index (χ3v) is 11.7. The smallest absolute Gasteiger partial charge is 0.260 e. The highest BCUT2D eigenvalue weighted by molar-refractivity contribution is 7.10. The van der Waals surface area contributed by atoms with Gasteiger partial charge in [-0.15, -0.1) is 11.3 Å². The molecule has 3 amide bonds. The number of ether oxygens (including phenoxy) is 4. The van der Waals surface area contributed by atoms with Gasteiger partial charge in [-0.2, -0.15) is 0 Å². The van der Waals surface area contributed by atoms with Crippen LogP contribution in [0.5, 0.6) is 23.0 Å². The number of aliphatic hydroxyl groups excluding tert-OH is 1. The number of carbonyl (C=O) groups is 3. The molecule has 51 heavy (non-hydrogen) atoms. The van der Waals surface area contributed by atoms with Gasteiger partial charge < -0.3 is 44.5 Å². The molecule has 4 aliphatic heterocycles. The van der Waals surface area contributed by atoms with Crippen LogP contribution in [-0.2, 0) is 11.4 Å². The van der Waals surface area contributed by atoms with Gasteiger partial charge in [-0.25, -0.2) is 0 Å². The lowest BCUT2D eigenvalue weighted by atomic mass is 10.0. The zero-order valence-electron chi connectivity index (χ0n) is 28.8. The van der Waals surface area contributed by atoms with E-state index >= 15 is 0 Å². The Morgan fingerprint density at radius 3 is 2.22 bits per heavy atom. The highest BCUT2D eigenvalue weighted by Crippen LogP contribution is 2.55. The number of nitrogens with zero attached hydrogens (tertiary/aromatic N) is 2. The summed E-state index contributed by atoms with van der Waals surface area (Å²) in [7, 11) is 3.11. The van der Waals surface area contributed by atoms with Gasteiger partial charge >= 0.3 is 0 Å². The van der Waals surface area contributed by atoms with Crippen LogP contribution in [0, 0.1) is 5.41 Å². The van der Waals surface area contributed by atoms with E-state index in [1.54, 1.807) is 31.5 Å². The Morgan fingerprint density at radius 2 is 1.57 bits per heavy atom. The minimum atomic E-state index is -0.674. The van der Waals surface area contributed by atoms with Crippen molar-refractivity contribution in [3.05, 3.63) is 63.5 Å². The molecule has 3 N–H and O–H groups in total. The Hall–Kier alpha value is -4.75. The van der Waals surface area contributed by atoms with E-state index in [1.165, 1.54) is 36.2 Å². The lowest BCUT2D eigenvalue weighted by Crippen LogP contribution is -2.38. The number of carbonyl (C=O) groups excluding carboxylic acids is 3. The highest BCUT2D eigenvalue weighted by atomic mass is 32.1. The first-order valence-electron chi connectivity index (χ1n) is 17.6. The zero-order valence-corrected chi connectivity index (χ0v) is 29.6. The van der Waals surface area contributed by atoms with Crippen molar-refractivity contribution in [3.8, 4) is 23.0 Å². The number of rotatable bonds is 12. The van der Waals surface area contributed by atoms with Crippen LogP contribution in [0.15, 0.2) is 41.9 Å². The second kappa shape index (κ2) is 13.4. The summed E-state index contributed by atoms with van der Waals surface area (Å²) >= 11 is 1.44. The molecule has 0 unspecified atom stereocenters. The molecule has 1 aliphatic carbocycles. The number of hydrogen-bond acceptors (Lipinski definition) is 10. The summed E-state index contributed by atoms with van der Waals surface area (Å²) in [5.41, 5.74) is 4.25. The number of nitrogens with one attached hydrogen (secondary N) is 2. The third-order valence-electron chi connectivity index (χ3n) is 10.8. The van der Waals surface area contributed by atoms with E-state index in [4.69, 9.17) is 18.9 Å². The number of fused-ring (bicyclic) bond motifs is 4. The zero-order chi connectivity index (χ0) is 35.3. The standard InChI is InChI=1S/C38H42N4O8S/c1-47-31-12-26-28(39-17-24-16-38(6-7-38)21-42(24)37(26)46)14-33(31)49-8-4-3-5-9-50-34-15-29-27(13-32(34)48-2)36(45)41-18-22(11-30(41)35(44)40-29)23-10-25(19-43)51-20-23/h10,12-15,18,20,24,30,39,43H,3-9,11,16-17,19,21H2,1-2H3,(H,40,44)/t24-,30-/m0/s1. The number of amides is 3. The van der Waals surface area contributed by atoms with Gasteiger partial charge in [0.1, 0.15) is 6.04 Å². The van der Waals surface area contributed by atoms with Gasteiger partial charge in [0.25, 0.3) is 11.8 Å². The average molecular weight is 715 g/mol. The molecular formula is C38H42N4O8S.